The summed E-state index contributed by atoms with van der Waals surface area (Å²) in [6, 6.07) is 23.3. The van der Waals surface area contributed by atoms with E-state index in [0.29, 0.717) is 16.7 Å². The molecule has 5 aromatic rings. The molecule has 6 rings (SSSR count). The Morgan fingerprint density at radius 2 is 1.60 bits per heavy atom. The van der Waals surface area contributed by atoms with Crippen LogP contribution in [0.5, 0.6) is 17.2 Å². The van der Waals surface area contributed by atoms with Gasteiger partial charge in [-0.1, -0.05) is 24.3 Å². The van der Waals surface area contributed by atoms with Gasteiger partial charge in [-0.2, -0.15) is 0 Å². The zero-order valence-corrected chi connectivity index (χ0v) is 25.0. The lowest BCUT2D eigenvalue weighted by Crippen LogP contribution is -2.32. The topological polar surface area (TPSA) is 126 Å². The van der Waals surface area contributed by atoms with E-state index in [2.05, 4.69) is 37.6 Å². The number of aromatic hydroxyl groups is 1. The summed E-state index contributed by atoms with van der Waals surface area (Å²) in [4.78, 5) is 37.3. The Labute approximate surface area is 260 Å². The van der Waals surface area contributed by atoms with E-state index >= 15 is 0 Å². The fraction of sp³-hybridized carbons (Fsp3) is 0.200. The molecule has 0 bridgehead atoms. The van der Waals surface area contributed by atoms with Crippen LogP contribution < -0.4 is 20.1 Å². The molecule has 2 amide bonds. The van der Waals surface area contributed by atoms with Crippen molar-refractivity contribution in [2.24, 2.45) is 0 Å². The van der Waals surface area contributed by atoms with E-state index in [9.17, 15) is 14.7 Å². The third-order valence-electron chi connectivity index (χ3n) is 7.90. The molecule has 1 aromatic heterocycles. The van der Waals surface area contributed by atoms with E-state index in [1.807, 2.05) is 42.5 Å². The number of amides is 2. The third-order valence-corrected chi connectivity index (χ3v) is 7.90. The molecule has 4 aromatic carbocycles. The van der Waals surface area contributed by atoms with E-state index < -0.39 is 11.8 Å². The Morgan fingerprint density at radius 3 is 2.36 bits per heavy atom. The van der Waals surface area contributed by atoms with Crippen LogP contribution in [0.3, 0.4) is 0 Å². The molecule has 0 radical (unpaired) electrons. The lowest BCUT2D eigenvalue weighted by Gasteiger charge is -2.29. The van der Waals surface area contributed by atoms with Crippen molar-refractivity contribution in [2.75, 3.05) is 37.9 Å². The summed E-state index contributed by atoms with van der Waals surface area (Å²) in [5.74, 6) is 0.413. The van der Waals surface area contributed by atoms with Crippen LogP contribution in [0.2, 0.25) is 0 Å². The number of ether oxygens (including phenoxy) is 2. The molecule has 0 saturated heterocycles. The minimum Gasteiger partial charge on any atom is -0.508 e. The van der Waals surface area contributed by atoms with E-state index in [1.165, 1.54) is 35.5 Å². The first-order valence-corrected chi connectivity index (χ1v) is 14.6. The van der Waals surface area contributed by atoms with E-state index in [-0.39, 0.29) is 22.7 Å². The summed E-state index contributed by atoms with van der Waals surface area (Å²) in [5.41, 5.74) is 6.00. The van der Waals surface area contributed by atoms with Gasteiger partial charge in [0.1, 0.15) is 11.4 Å². The van der Waals surface area contributed by atoms with Crippen LogP contribution in [0, 0.1) is 0 Å². The summed E-state index contributed by atoms with van der Waals surface area (Å²) >= 11 is 0. The first-order chi connectivity index (χ1) is 21.9. The number of nitrogens with zero attached hydrogens (tertiary/aromatic N) is 3. The van der Waals surface area contributed by atoms with Gasteiger partial charge < -0.3 is 25.2 Å². The highest BCUT2D eigenvalue weighted by Gasteiger charge is 2.20. The molecule has 0 spiro atoms. The fourth-order valence-electron chi connectivity index (χ4n) is 5.45. The predicted octanol–water partition coefficient (Wildman–Crippen LogP) is 5.46. The lowest BCUT2D eigenvalue weighted by molar-refractivity contribution is 0.102. The second kappa shape index (κ2) is 13.0. The van der Waals surface area contributed by atoms with Crippen LogP contribution >= 0.6 is 0 Å². The van der Waals surface area contributed by atoms with Crippen molar-refractivity contribution < 1.29 is 24.2 Å². The normalized spacial score (nSPS) is 12.8. The molecule has 10 heteroatoms. The Hall–Kier alpha value is -5.48. The van der Waals surface area contributed by atoms with Gasteiger partial charge in [0, 0.05) is 25.3 Å². The molecule has 1 aliphatic heterocycles. The number of carbonyl (C=O) groups excluding carboxylic acids is 2. The summed E-state index contributed by atoms with van der Waals surface area (Å²) in [5, 5.41) is 15.7. The highest BCUT2D eigenvalue weighted by Crippen LogP contribution is 2.33. The van der Waals surface area contributed by atoms with Gasteiger partial charge in [0.2, 0.25) is 0 Å². The van der Waals surface area contributed by atoms with Crippen LogP contribution in [0.15, 0.2) is 85.1 Å². The van der Waals surface area contributed by atoms with Crippen LogP contribution in [-0.4, -0.2) is 59.1 Å². The quantitative estimate of drug-likeness (QED) is 0.190. The number of carbonyl (C=O) groups is 2. The van der Waals surface area contributed by atoms with E-state index in [1.54, 1.807) is 20.3 Å². The van der Waals surface area contributed by atoms with E-state index in [0.717, 1.165) is 49.5 Å². The van der Waals surface area contributed by atoms with Gasteiger partial charge in [-0.15, -0.1) is 0 Å². The molecule has 3 N–H and O–H groups in total. The Balaban J connectivity index is 1.08. The molecule has 228 valence electrons. The van der Waals surface area contributed by atoms with Gasteiger partial charge in [-0.05, 0) is 84.1 Å². The van der Waals surface area contributed by atoms with Crippen molar-refractivity contribution in [3.63, 3.8) is 0 Å². The van der Waals surface area contributed by atoms with Gasteiger partial charge in [0.15, 0.2) is 11.5 Å². The molecule has 1 aliphatic rings. The highest BCUT2D eigenvalue weighted by molar-refractivity contribution is 6.12. The van der Waals surface area contributed by atoms with Gasteiger partial charge in [0.05, 0.1) is 42.7 Å². The summed E-state index contributed by atoms with van der Waals surface area (Å²) in [7, 11) is 3.31. The minimum atomic E-state index is -0.520. The maximum atomic E-state index is 13.3. The number of hydrogen-bond acceptors (Lipinski definition) is 8. The number of para-hydroxylation sites is 2. The average Bonchev–Trinajstić information content (AvgIpc) is 3.07. The zero-order valence-electron chi connectivity index (χ0n) is 25.0. The largest absolute Gasteiger partial charge is 0.508 e. The SMILES string of the molecule is COc1cc2c(cc1OC)CN(CCc1ccc(NC(=O)c3cc(O)ccc3NC(=O)c3cnc4ccccc4n3)cc1)CC2. The van der Waals surface area contributed by atoms with Gasteiger partial charge in [-0.25, -0.2) is 4.98 Å². The van der Waals surface area contributed by atoms with Gasteiger partial charge >= 0.3 is 0 Å². The van der Waals surface area contributed by atoms with Crippen LogP contribution in [0.25, 0.3) is 11.0 Å². The zero-order chi connectivity index (χ0) is 31.3. The van der Waals surface area contributed by atoms with Crippen molar-refractivity contribution in [2.45, 2.75) is 19.4 Å². The smallest absolute Gasteiger partial charge is 0.275 e. The number of methoxy groups -OCH3 is 2. The monoisotopic (exact) mass is 603 g/mol. The number of anilines is 2. The molecule has 0 aliphatic carbocycles. The maximum Gasteiger partial charge on any atom is 0.275 e. The Kier molecular flexibility index (Phi) is 8.56. The summed E-state index contributed by atoms with van der Waals surface area (Å²) in [6.07, 6.45) is 3.20. The molecular formula is C35H33N5O5. The molecular weight excluding hydrogens is 570 g/mol. The Morgan fingerprint density at radius 1 is 0.867 bits per heavy atom. The molecule has 0 saturated carbocycles. The molecule has 10 nitrogen and oxygen atoms in total. The first-order valence-electron chi connectivity index (χ1n) is 14.6. The van der Waals surface area contributed by atoms with Crippen molar-refractivity contribution in [3.8, 4) is 17.2 Å². The van der Waals surface area contributed by atoms with Crippen molar-refractivity contribution >= 4 is 34.2 Å². The van der Waals surface area contributed by atoms with Gasteiger partial charge in [-0.3, -0.25) is 19.5 Å². The fourth-order valence-corrected chi connectivity index (χ4v) is 5.45. The summed E-state index contributed by atoms with van der Waals surface area (Å²) in [6.45, 7) is 2.71. The molecule has 0 unspecified atom stereocenters. The van der Waals surface area contributed by atoms with Crippen molar-refractivity contribution in [3.05, 3.63) is 113 Å². The van der Waals surface area contributed by atoms with Crippen LogP contribution in [0.4, 0.5) is 11.4 Å². The molecule has 45 heavy (non-hydrogen) atoms. The first kappa shape index (κ1) is 29.6. The van der Waals surface area contributed by atoms with E-state index in [4.69, 9.17) is 9.47 Å². The standard InChI is InChI=1S/C35H33N5O5/c1-44-32-17-23-14-16-40(21-24(23)18-33(32)45-2)15-13-22-7-9-25(10-8-22)37-34(42)27-19-26(41)11-12-28(27)39-35(43)31-20-36-29-5-3-4-6-30(29)38-31/h3-12,17-20,41H,13-16,21H2,1-2H3,(H,37,42)(H,39,43). The van der Waals surface area contributed by atoms with Crippen LogP contribution in [-0.2, 0) is 19.4 Å². The number of phenols is 1. The van der Waals surface area contributed by atoms with Crippen molar-refractivity contribution in [1.29, 1.82) is 0 Å². The second-order valence-corrected chi connectivity index (χ2v) is 10.8. The number of aromatic nitrogens is 2. The number of phenolic OH excluding ortho intramolecular Hbond substituents is 1. The third kappa shape index (κ3) is 6.71. The number of nitrogens with one attached hydrogen (secondary N) is 2. The number of hydrogen-bond donors (Lipinski definition) is 3. The number of benzene rings is 4. The van der Waals surface area contributed by atoms with Gasteiger partial charge in [0.25, 0.3) is 11.8 Å². The molecule has 0 atom stereocenters. The highest BCUT2D eigenvalue weighted by atomic mass is 16.5. The molecule has 2 heterocycles. The average molecular weight is 604 g/mol. The van der Waals surface area contributed by atoms with Crippen molar-refractivity contribution in [1.82, 2.24) is 14.9 Å². The predicted molar refractivity (Wildman–Crippen MR) is 172 cm³/mol. The number of rotatable bonds is 9. The maximum absolute atomic E-state index is 13.3. The molecule has 0 fully saturated rings. The summed E-state index contributed by atoms with van der Waals surface area (Å²) < 4.78 is 10.9. The second-order valence-electron chi connectivity index (χ2n) is 10.8. The lowest BCUT2D eigenvalue weighted by atomic mass is 9.98. The van der Waals surface area contributed by atoms with Crippen LogP contribution in [0.1, 0.15) is 37.5 Å². The number of fused-ring (bicyclic) bond motifs is 2. The Bertz CT molecular complexity index is 1880. The minimum absolute atomic E-state index is 0.100.